The summed E-state index contributed by atoms with van der Waals surface area (Å²) in [6.07, 6.45) is 5.75. The molecule has 0 saturated carbocycles. The zero-order chi connectivity index (χ0) is 31.8. The van der Waals surface area contributed by atoms with E-state index in [-0.39, 0.29) is 50.0 Å². The van der Waals surface area contributed by atoms with Crippen molar-refractivity contribution in [1.29, 1.82) is 0 Å². The number of halogens is 1. The van der Waals surface area contributed by atoms with Crippen LogP contribution in [0.4, 0.5) is 0 Å². The lowest BCUT2D eigenvalue weighted by Gasteiger charge is -2.40. The molecule has 1 aromatic carbocycles. The van der Waals surface area contributed by atoms with E-state index in [1.807, 2.05) is 70.2 Å². The summed E-state index contributed by atoms with van der Waals surface area (Å²) < 4.78 is 12.8. The third kappa shape index (κ3) is 5.86. The molecule has 0 unspecified atom stereocenters. The first-order valence-corrected chi connectivity index (χ1v) is 16.2. The number of nitrogens with zero attached hydrogens (tertiary/aromatic N) is 2. The SMILES string of the molecule is CC(C)C[C@H](CO)N1C(=O)[C@@H]2[C@H]3C(=O)N[C@@H](c4ccccc4)COC(=O)CC/C=C\CN(C(C)C)C(=O)[C@@H]1[C@]21C=C(Br)[C@H]3O1. The van der Waals surface area contributed by atoms with Gasteiger partial charge in [-0.25, -0.2) is 0 Å². The Morgan fingerprint density at radius 2 is 1.80 bits per heavy atom. The Bertz CT molecular complexity index is 1330. The quantitative estimate of drug-likeness (QED) is 0.351. The smallest absolute Gasteiger partial charge is 0.306 e. The molecule has 4 aliphatic rings. The molecule has 4 heterocycles. The summed E-state index contributed by atoms with van der Waals surface area (Å²) in [6.45, 7) is 7.65. The van der Waals surface area contributed by atoms with Crippen molar-refractivity contribution in [2.45, 2.75) is 82.8 Å². The van der Waals surface area contributed by atoms with Crippen LogP contribution in [0.5, 0.6) is 0 Å². The molecule has 4 aliphatic heterocycles. The number of aliphatic hydroxyl groups excluding tert-OH is 1. The van der Waals surface area contributed by atoms with E-state index in [0.717, 1.165) is 5.56 Å². The van der Waals surface area contributed by atoms with Gasteiger partial charge in [0.05, 0.1) is 30.5 Å². The number of likely N-dealkylation sites (tertiary alicyclic amines) is 1. The summed E-state index contributed by atoms with van der Waals surface area (Å²) in [4.78, 5) is 59.2. The first-order valence-electron chi connectivity index (χ1n) is 15.5. The Morgan fingerprint density at radius 1 is 1.07 bits per heavy atom. The number of carbonyl (C=O) groups is 4. The van der Waals surface area contributed by atoms with Crippen molar-refractivity contribution in [3.8, 4) is 0 Å². The average molecular weight is 673 g/mol. The van der Waals surface area contributed by atoms with Gasteiger partial charge in [0.1, 0.15) is 24.4 Å². The number of carbonyl (C=O) groups excluding carboxylic acids is 4. The maximum Gasteiger partial charge on any atom is 0.306 e. The van der Waals surface area contributed by atoms with Crippen molar-refractivity contribution >= 4 is 39.6 Å². The fraction of sp³-hybridized carbons (Fsp3) is 0.576. The highest BCUT2D eigenvalue weighted by atomic mass is 79.9. The molecule has 44 heavy (non-hydrogen) atoms. The first-order chi connectivity index (χ1) is 21.0. The molecule has 2 saturated heterocycles. The molecule has 238 valence electrons. The van der Waals surface area contributed by atoms with Gasteiger partial charge in [-0.3, -0.25) is 19.2 Å². The van der Waals surface area contributed by atoms with Gasteiger partial charge in [0.15, 0.2) is 0 Å². The predicted molar refractivity (Wildman–Crippen MR) is 166 cm³/mol. The number of cyclic esters (lactones) is 1. The molecule has 2 N–H and O–H groups in total. The van der Waals surface area contributed by atoms with Gasteiger partial charge in [-0.1, -0.05) is 72.3 Å². The summed E-state index contributed by atoms with van der Waals surface area (Å²) in [5.74, 6) is -3.33. The van der Waals surface area contributed by atoms with Gasteiger partial charge in [-0.2, -0.15) is 0 Å². The molecule has 0 aromatic heterocycles. The second-order valence-corrected chi connectivity index (χ2v) is 13.7. The third-order valence-electron chi connectivity index (χ3n) is 9.07. The number of aliphatic hydroxyl groups is 1. The Balaban J connectivity index is 1.62. The number of ether oxygens (including phenoxy) is 2. The van der Waals surface area contributed by atoms with Gasteiger partial charge in [-0.05, 0) is 44.2 Å². The second-order valence-electron chi connectivity index (χ2n) is 12.8. The number of esters is 1. The van der Waals surface area contributed by atoms with Crippen molar-refractivity contribution in [1.82, 2.24) is 15.1 Å². The number of nitrogens with one attached hydrogen (secondary N) is 1. The van der Waals surface area contributed by atoms with Crippen LogP contribution >= 0.6 is 15.9 Å². The zero-order valence-corrected chi connectivity index (χ0v) is 27.2. The third-order valence-corrected chi connectivity index (χ3v) is 9.75. The van der Waals surface area contributed by atoms with Crippen LogP contribution in [0.2, 0.25) is 0 Å². The lowest BCUT2D eigenvalue weighted by atomic mass is 9.74. The maximum atomic E-state index is 14.6. The van der Waals surface area contributed by atoms with Crippen LogP contribution in [0.25, 0.3) is 0 Å². The standard InChI is InChI=1S/C33H42BrN3O7/c1-19(2)15-22(17-38)37-29-32(42)36(20(3)4)14-10-6-9-13-25(39)43-18-24(21-11-7-5-8-12-21)35-30(40)26-27(31(37)41)33(29)16-23(34)28(26)44-33/h5-8,10-12,16,19-20,22,24,26-29,38H,9,13-15,17-18H2,1-4H3,(H,35,40)/b10-6-/t22-,24-,26-,27+,28-,29-,33+/m1/s1. The summed E-state index contributed by atoms with van der Waals surface area (Å²) >= 11 is 3.59. The number of allylic oxidation sites excluding steroid dienone is 1. The number of amides is 3. The van der Waals surface area contributed by atoms with Crippen molar-refractivity contribution in [3.63, 3.8) is 0 Å². The molecule has 5 rings (SSSR count). The molecule has 11 heteroatoms. The van der Waals surface area contributed by atoms with Gasteiger partial charge in [0.25, 0.3) is 0 Å². The first kappa shape index (κ1) is 32.4. The minimum absolute atomic E-state index is 0.0767. The molecular weight excluding hydrogens is 630 g/mol. The topological polar surface area (TPSA) is 125 Å². The van der Waals surface area contributed by atoms with E-state index in [1.165, 1.54) is 4.90 Å². The van der Waals surface area contributed by atoms with Crippen molar-refractivity contribution < 1.29 is 33.8 Å². The fourth-order valence-corrected chi connectivity index (χ4v) is 7.83. The van der Waals surface area contributed by atoms with E-state index in [4.69, 9.17) is 9.47 Å². The van der Waals surface area contributed by atoms with Gasteiger partial charge < -0.3 is 29.7 Å². The molecule has 7 atom stereocenters. The number of hydrogen-bond acceptors (Lipinski definition) is 7. The minimum atomic E-state index is -1.40. The highest BCUT2D eigenvalue weighted by molar-refractivity contribution is 9.11. The average Bonchev–Trinajstić information content (AvgIpc) is 3.58. The van der Waals surface area contributed by atoms with Gasteiger partial charge >= 0.3 is 5.97 Å². The molecular formula is C33H42BrN3O7. The van der Waals surface area contributed by atoms with Crippen LogP contribution in [-0.4, -0.2) is 88.2 Å². The van der Waals surface area contributed by atoms with Crippen LogP contribution < -0.4 is 5.32 Å². The molecule has 1 aromatic rings. The lowest BCUT2D eigenvalue weighted by Crippen LogP contribution is -2.59. The van der Waals surface area contributed by atoms with Crippen LogP contribution in [0, 0.1) is 17.8 Å². The molecule has 3 amide bonds. The maximum absolute atomic E-state index is 14.6. The molecule has 2 fully saturated rings. The van der Waals surface area contributed by atoms with Crippen LogP contribution in [0.3, 0.4) is 0 Å². The summed E-state index contributed by atoms with van der Waals surface area (Å²) in [5, 5.41) is 13.6. The molecule has 10 nitrogen and oxygen atoms in total. The number of rotatable bonds is 6. The summed E-state index contributed by atoms with van der Waals surface area (Å²) in [5.41, 5.74) is -0.652. The van der Waals surface area contributed by atoms with E-state index < -0.39 is 53.5 Å². The van der Waals surface area contributed by atoms with Crippen LogP contribution in [0.1, 0.15) is 58.6 Å². The van der Waals surface area contributed by atoms with Gasteiger partial charge in [0.2, 0.25) is 17.7 Å². The highest BCUT2D eigenvalue weighted by Crippen LogP contribution is 2.59. The molecule has 1 spiro atoms. The Kier molecular flexibility index (Phi) is 9.67. The zero-order valence-electron chi connectivity index (χ0n) is 25.6. The number of hydrogen-bond donors (Lipinski definition) is 2. The summed E-state index contributed by atoms with van der Waals surface area (Å²) in [7, 11) is 0. The molecule has 5 bridgehead atoms. The monoisotopic (exact) mass is 671 g/mol. The van der Waals surface area contributed by atoms with E-state index in [0.29, 0.717) is 17.3 Å². The van der Waals surface area contributed by atoms with E-state index in [2.05, 4.69) is 21.2 Å². The normalized spacial score (nSPS) is 32.5. The molecule has 0 radical (unpaired) electrons. The van der Waals surface area contributed by atoms with Crippen LogP contribution in [-0.2, 0) is 28.7 Å². The van der Waals surface area contributed by atoms with Crippen LogP contribution in [0.15, 0.2) is 53.0 Å². The summed E-state index contributed by atoms with van der Waals surface area (Å²) in [6, 6.07) is 6.62. The number of benzene rings is 1. The number of fused-ring (bicyclic) bond motifs is 2. The van der Waals surface area contributed by atoms with Crippen molar-refractivity contribution in [2.75, 3.05) is 19.8 Å². The Hall–Kier alpha value is -3.02. The van der Waals surface area contributed by atoms with Crippen molar-refractivity contribution in [2.24, 2.45) is 17.8 Å². The minimum Gasteiger partial charge on any atom is -0.463 e. The lowest BCUT2D eigenvalue weighted by molar-refractivity contribution is -0.152. The predicted octanol–water partition coefficient (Wildman–Crippen LogP) is 3.25. The van der Waals surface area contributed by atoms with E-state index in [1.54, 1.807) is 11.0 Å². The van der Waals surface area contributed by atoms with Crippen molar-refractivity contribution in [3.05, 3.63) is 58.6 Å². The van der Waals surface area contributed by atoms with E-state index in [9.17, 15) is 24.3 Å². The largest absolute Gasteiger partial charge is 0.463 e. The molecule has 0 aliphatic carbocycles. The van der Waals surface area contributed by atoms with Gasteiger partial charge in [-0.15, -0.1) is 0 Å². The Labute approximate surface area is 266 Å². The second kappa shape index (κ2) is 13.1. The van der Waals surface area contributed by atoms with E-state index >= 15 is 0 Å². The highest BCUT2D eigenvalue weighted by Gasteiger charge is 2.75. The fourth-order valence-electron chi connectivity index (χ4n) is 7.09. The van der Waals surface area contributed by atoms with Gasteiger partial charge in [0, 0.05) is 23.5 Å². The Morgan fingerprint density at radius 3 is 2.45 bits per heavy atom.